The summed E-state index contributed by atoms with van der Waals surface area (Å²) in [5, 5.41) is 2.79. The van der Waals surface area contributed by atoms with Gasteiger partial charge in [-0.15, -0.1) is 0 Å². The summed E-state index contributed by atoms with van der Waals surface area (Å²) >= 11 is 3.77. The standard InChI is InChI=1S/C18H16BrF2NO3S/c1-25-16(23)10-15(12-3-2-4-13(19)9-12)22-17(24)11-5-7-14(8-6-11)26-18(20)21/h2-9,15,18H,10H2,1H3,(H,22,24). The molecule has 0 aromatic heterocycles. The normalized spacial score (nSPS) is 11.9. The number of thioether (sulfide) groups is 1. The summed E-state index contributed by atoms with van der Waals surface area (Å²) in [4.78, 5) is 24.5. The maximum Gasteiger partial charge on any atom is 0.307 e. The van der Waals surface area contributed by atoms with Crippen molar-refractivity contribution in [3.63, 3.8) is 0 Å². The number of carbonyl (C=O) groups is 2. The zero-order valence-corrected chi connectivity index (χ0v) is 16.1. The number of ether oxygens (including phenoxy) is 1. The maximum absolute atomic E-state index is 12.5. The molecule has 8 heteroatoms. The Labute approximate surface area is 162 Å². The average molecular weight is 444 g/mol. The Balaban J connectivity index is 2.16. The fourth-order valence-electron chi connectivity index (χ4n) is 2.25. The molecule has 0 spiro atoms. The van der Waals surface area contributed by atoms with Crippen LogP contribution in [0.25, 0.3) is 0 Å². The number of carbonyl (C=O) groups excluding carboxylic acids is 2. The van der Waals surface area contributed by atoms with Crippen LogP contribution in [0.2, 0.25) is 0 Å². The molecular formula is C18H16BrF2NO3S. The number of halogens is 3. The minimum absolute atomic E-state index is 0.0298. The number of benzene rings is 2. The number of hydrogen-bond acceptors (Lipinski definition) is 4. The van der Waals surface area contributed by atoms with Gasteiger partial charge in [-0.1, -0.05) is 39.8 Å². The molecule has 4 nitrogen and oxygen atoms in total. The van der Waals surface area contributed by atoms with Gasteiger partial charge in [0.1, 0.15) is 0 Å². The Morgan fingerprint density at radius 2 is 1.88 bits per heavy atom. The third kappa shape index (κ3) is 6.10. The van der Waals surface area contributed by atoms with E-state index in [9.17, 15) is 18.4 Å². The molecule has 0 aliphatic heterocycles. The Morgan fingerprint density at radius 3 is 2.46 bits per heavy atom. The number of amides is 1. The van der Waals surface area contributed by atoms with Gasteiger partial charge < -0.3 is 10.1 Å². The highest BCUT2D eigenvalue weighted by Crippen LogP contribution is 2.26. The van der Waals surface area contributed by atoms with Crippen LogP contribution in [-0.2, 0) is 9.53 Å². The van der Waals surface area contributed by atoms with Crippen molar-refractivity contribution < 1.29 is 23.1 Å². The minimum Gasteiger partial charge on any atom is -0.469 e. The summed E-state index contributed by atoms with van der Waals surface area (Å²) in [6.07, 6.45) is -0.0298. The number of esters is 1. The van der Waals surface area contributed by atoms with Gasteiger partial charge in [0, 0.05) is 14.9 Å². The van der Waals surface area contributed by atoms with Crippen molar-refractivity contribution in [2.45, 2.75) is 23.1 Å². The first-order valence-corrected chi connectivity index (χ1v) is 9.24. The van der Waals surface area contributed by atoms with Crippen LogP contribution in [0, 0.1) is 0 Å². The van der Waals surface area contributed by atoms with Gasteiger partial charge in [0.2, 0.25) is 0 Å². The Kier molecular flexibility index (Phi) is 7.59. The van der Waals surface area contributed by atoms with Crippen molar-refractivity contribution >= 4 is 39.6 Å². The summed E-state index contributed by atoms with van der Waals surface area (Å²) in [6, 6.07) is 12.5. The smallest absolute Gasteiger partial charge is 0.307 e. The van der Waals surface area contributed by atoms with Gasteiger partial charge in [-0.2, -0.15) is 8.78 Å². The summed E-state index contributed by atoms with van der Waals surface area (Å²) < 4.78 is 30.2. The molecule has 0 saturated heterocycles. The second-order valence-corrected chi connectivity index (χ2v) is 7.24. The van der Waals surface area contributed by atoms with E-state index < -0.39 is 23.7 Å². The van der Waals surface area contributed by atoms with Gasteiger partial charge in [0.25, 0.3) is 11.7 Å². The third-order valence-corrected chi connectivity index (χ3v) is 4.71. The molecule has 0 radical (unpaired) electrons. The van der Waals surface area contributed by atoms with Crippen molar-refractivity contribution in [3.05, 3.63) is 64.1 Å². The number of rotatable bonds is 7. The largest absolute Gasteiger partial charge is 0.469 e. The molecule has 138 valence electrons. The second kappa shape index (κ2) is 9.68. The highest BCUT2D eigenvalue weighted by molar-refractivity contribution is 9.10. The van der Waals surface area contributed by atoms with Crippen LogP contribution < -0.4 is 5.32 Å². The lowest BCUT2D eigenvalue weighted by atomic mass is 10.0. The van der Waals surface area contributed by atoms with Crippen molar-refractivity contribution in [1.82, 2.24) is 5.32 Å². The van der Waals surface area contributed by atoms with Crippen molar-refractivity contribution in [2.24, 2.45) is 0 Å². The number of nitrogens with one attached hydrogen (secondary N) is 1. The van der Waals surface area contributed by atoms with Gasteiger partial charge in [-0.05, 0) is 42.0 Å². The highest BCUT2D eigenvalue weighted by atomic mass is 79.9. The van der Waals surface area contributed by atoms with E-state index in [0.29, 0.717) is 22.2 Å². The quantitative estimate of drug-likeness (QED) is 0.493. The van der Waals surface area contributed by atoms with E-state index in [-0.39, 0.29) is 6.42 Å². The van der Waals surface area contributed by atoms with Crippen LogP contribution in [0.5, 0.6) is 0 Å². The monoisotopic (exact) mass is 443 g/mol. The van der Waals surface area contributed by atoms with Crippen molar-refractivity contribution in [1.29, 1.82) is 0 Å². The molecule has 1 unspecified atom stereocenters. The van der Waals surface area contributed by atoms with E-state index in [2.05, 4.69) is 21.2 Å². The first-order valence-electron chi connectivity index (χ1n) is 7.57. The molecule has 0 bridgehead atoms. The molecule has 26 heavy (non-hydrogen) atoms. The van der Waals surface area contributed by atoms with E-state index in [1.165, 1.54) is 31.4 Å². The molecule has 1 atom stereocenters. The summed E-state index contributed by atoms with van der Waals surface area (Å²) in [7, 11) is 1.28. The number of alkyl halides is 2. The molecule has 2 rings (SSSR count). The van der Waals surface area contributed by atoms with Crippen molar-refractivity contribution in [3.8, 4) is 0 Å². The summed E-state index contributed by atoms with van der Waals surface area (Å²) in [5.41, 5.74) is 1.05. The van der Waals surface area contributed by atoms with Crippen LogP contribution in [0.3, 0.4) is 0 Å². The predicted molar refractivity (Wildman–Crippen MR) is 99.3 cm³/mol. The Morgan fingerprint density at radius 1 is 1.19 bits per heavy atom. The maximum atomic E-state index is 12.5. The minimum atomic E-state index is -2.52. The van der Waals surface area contributed by atoms with E-state index >= 15 is 0 Å². The molecule has 2 aromatic carbocycles. The van der Waals surface area contributed by atoms with Crippen molar-refractivity contribution in [2.75, 3.05) is 7.11 Å². The van der Waals surface area contributed by atoms with E-state index in [0.717, 1.165) is 10.0 Å². The fourth-order valence-corrected chi connectivity index (χ4v) is 3.17. The van der Waals surface area contributed by atoms with Gasteiger partial charge in [-0.3, -0.25) is 9.59 Å². The molecule has 2 aromatic rings. The SMILES string of the molecule is COC(=O)CC(NC(=O)c1ccc(SC(F)F)cc1)c1cccc(Br)c1. The van der Waals surface area contributed by atoms with Gasteiger partial charge in [-0.25, -0.2) is 0 Å². The number of methoxy groups -OCH3 is 1. The Bertz CT molecular complexity index is 771. The molecule has 0 fully saturated rings. The zero-order chi connectivity index (χ0) is 19.1. The topological polar surface area (TPSA) is 55.4 Å². The Hall–Kier alpha value is -1.93. The lowest BCUT2D eigenvalue weighted by Crippen LogP contribution is -2.30. The second-order valence-electron chi connectivity index (χ2n) is 5.26. The number of hydrogen-bond donors (Lipinski definition) is 1. The van der Waals surface area contributed by atoms with Crippen LogP contribution in [-0.4, -0.2) is 24.7 Å². The average Bonchev–Trinajstić information content (AvgIpc) is 2.61. The molecular weight excluding hydrogens is 428 g/mol. The molecule has 1 amide bonds. The summed E-state index contributed by atoms with van der Waals surface area (Å²) in [6.45, 7) is 0. The van der Waals surface area contributed by atoms with E-state index in [1.807, 2.05) is 6.07 Å². The first kappa shape index (κ1) is 20.4. The predicted octanol–water partition coefficient (Wildman–Crippen LogP) is 4.80. The van der Waals surface area contributed by atoms with Crippen LogP contribution in [0.1, 0.15) is 28.4 Å². The third-order valence-electron chi connectivity index (χ3n) is 3.50. The van der Waals surface area contributed by atoms with Crippen LogP contribution in [0.15, 0.2) is 57.9 Å². The zero-order valence-electron chi connectivity index (χ0n) is 13.7. The lowest BCUT2D eigenvalue weighted by molar-refractivity contribution is -0.141. The molecule has 1 N–H and O–H groups in total. The lowest BCUT2D eigenvalue weighted by Gasteiger charge is -2.18. The molecule has 0 saturated carbocycles. The van der Waals surface area contributed by atoms with E-state index in [1.54, 1.807) is 18.2 Å². The van der Waals surface area contributed by atoms with Gasteiger partial charge in [0.05, 0.1) is 19.6 Å². The molecule has 0 heterocycles. The van der Waals surface area contributed by atoms with Gasteiger partial charge in [0.15, 0.2) is 0 Å². The molecule has 0 aliphatic carbocycles. The molecule has 0 aliphatic rings. The summed E-state index contributed by atoms with van der Waals surface area (Å²) in [5.74, 6) is -3.39. The first-order chi connectivity index (χ1) is 12.4. The van der Waals surface area contributed by atoms with Crippen LogP contribution >= 0.6 is 27.7 Å². The van der Waals surface area contributed by atoms with Gasteiger partial charge >= 0.3 is 5.97 Å². The fraction of sp³-hybridized carbons (Fsp3) is 0.222. The van der Waals surface area contributed by atoms with Crippen LogP contribution in [0.4, 0.5) is 8.78 Å². The van der Waals surface area contributed by atoms with E-state index in [4.69, 9.17) is 4.74 Å². The highest BCUT2D eigenvalue weighted by Gasteiger charge is 2.20.